The Morgan fingerprint density at radius 2 is 2.12 bits per heavy atom. The van der Waals surface area contributed by atoms with Gasteiger partial charge in [0.1, 0.15) is 5.60 Å². The molecule has 1 aromatic rings. The molecule has 1 aliphatic rings. The predicted molar refractivity (Wildman–Crippen MR) is 60.1 cm³/mol. The summed E-state index contributed by atoms with van der Waals surface area (Å²) in [5.41, 5.74) is 0.719. The molecule has 1 aromatic heterocycles. The van der Waals surface area contributed by atoms with Crippen LogP contribution in [0.25, 0.3) is 0 Å². The van der Waals surface area contributed by atoms with E-state index in [0.717, 1.165) is 5.56 Å². The van der Waals surface area contributed by atoms with Crippen molar-refractivity contribution in [1.29, 1.82) is 0 Å². The van der Waals surface area contributed by atoms with E-state index < -0.39 is 11.7 Å². The summed E-state index contributed by atoms with van der Waals surface area (Å²) >= 11 is 0. The van der Waals surface area contributed by atoms with E-state index in [1.165, 1.54) is 10.8 Å². The zero-order valence-corrected chi connectivity index (χ0v) is 10.1. The van der Waals surface area contributed by atoms with Crippen LogP contribution in [0.2, 0.25) is 0 Å². The fourth-order valence-electron chi connectivity index (χ4n) is 1.63. The van der Waals surface area contributed by atoms with Crippen molar-refractivity contribution in [1.82, 2.24) is 4.57 Å². The number of aromatic nitrogens is 1. The SMILES string of the molecule is CC(C)(C)OC(=O)n1cc2c(c1)C(=O)OCC2. The summed E-state index contributed by atoms with van der Waals surface area (Å²) in [5, 5.41) is 0. The molecule has 0 saturated heterocycles. The number of esters is 1. The number of carbonyl (C=O) groups excluding carboxylic acids is 2. The van der Waals surface area contributed by atoms with Crippen LogP contribution in [-0.2, 0) is 15.9 Å². The molecule has 1 aliphatic heterocycles. The van der Waals surface area contributed by atoms with Crippen LogP contribution in [0, 0.1) is 0 Å². The van der Waals surface area contributed by atoms with Gasteiger partial charge in [0.25, 0.3) is 0 Å². The van der Waals surface area contributed by atoms with Gasteiger partial charge in [-0.3, -0.25) is 4.57 Å². The quantitative estimate of drug-likeness (QED) is 0.647. The third-order valence-electron chi connectivity index (χ3n) is 2.34. The van der Waals surface area contributed by atoms with E-state index in [1.807, 2.05) is 0 Å². The molecule has 0 fully saturated rings. The fraction of sp³-hybridized carbons (Fsp3) is 0.500. The third-order valence-corrected chi connectivity index (χ3v) is 2.34. The Bertz CT molecular complexity index is 467. The lowest BCUT2D eigenvalue weighted by molar-refractivity contribution is 0.0481. The van der Waals surface area contributed by atoms with E-state index in [9.17, 15) is 9.59 Å². The van der Waals surface area contributed by atoms with Crippen molar-refractivity contribution in [3.8, 4) is 0 Å². The minimum atomic E-state index is -0.553. The van der Waals surface area contributed by atoms with Crippen molar-refractivity contribution in [3.05, 3.63) is 23.5 Å². The Morgan fingerprint density at radius 3 is 2.71 bits per heavy atom. The zero-order chi connectivity index (χ0) is 12.6. The standard InChI is InChI=1S/C12H15NO4/c1-12(2,3)17-11(15)13-6-8-4-5-16-10(14)9(8)7-13/h6-7H,4-5H2,1-3H3. The number of fused-ring (bicyclic) bond motifs is 1. The number of ether oxygens (including phenoxy) is 2. The molecule has 0 spiro atoms. The van der Waals surface area contributed by atoms with Crippen LogP contribution in [0.3, 0.4) is 0 Å². The first kappa shape index (κ1) is 11.7. The van der Waals surface area contributed by atoms with E-state index in [-0.39, 0.29) is 5.97 Å². The maximum Gasteiger partial charge on any atom is 0.418 e. The second-order valence-corrected chi connectivity index (χ2v) is 4.97. The first-order valence-electron chi connectivity index (χ1n) is 5.48. The molecule has 2 rings (SSSR count). The number of nitrogens with zero attached hydrogens (tertiary/aromatic N) is 1. The van der Waals surface area contributed by atoms with Crippen molar-refractivity contribution in [3.63, 3.8) is 0 Å². The highest BCUT2D eigenvalue weighted by Crippen LogP contribution is 2.19. The van der Waals surface area contributed by atoms with Gasteiger partial charge in [0.05, 0.1) is 12.2 Å². The Kier molecular flexibility index (Phi) is 2.69. The maximum atomic E-state index is 11.8. The van der Waals surface area contributed by atoms with Crippen LogP contribution in [0.4, 0.5) is 4.79 Å². The first-order chi connectivity index (χ1) is 7.87. The van der Waals surface area contributed by atoms with Gasteiger partial charge in [-0.25, -0.2) is 9.59 Å². The first-order valence-corrected chi connectivity index (χ1v) is 5.48. The molecule has 0 radical (unpaired) electrons. The van der Waals surface area contributed by atoms with E-state index in [0.29, 0.717) is 18.6 Å². The second-order valence-electron chi connectivity index (χ2n) is 4.97. The molecule has 17 heavy (non-hydrogen) atoms. The Morgan fingerprint density at radius 1 is 1.41 bits per heavy atom. The van der Waals surface area contributed by atoms with Gasteiger partial charge in [-0.15, -0.1) is 0 Å². The number of hydrogen-bond donors (Lipinski definition) is 0. The molecule has 0 atom stereocenters. The molecule has 5 nitrogen and oxygen atoms in total. The lowest BCUT2D eigenvalue weighted by Crippen LogP contribution is -2.26. The summed E-state index contributed by atoms with van der Waals surface area (Å²) in [7, 11) is 0. The maximum absolute atomic E-state index is 11.8. The van der Waals surface area contributed by atoms with Crippen LogP contribution >= 0.6 is 0 Å². The zero-order valence-electron chi connectivity index (χ0n) is 10.1. The second kappa shape index (κ2) is 3.91. The fourth-order valence-corrected chi connectivity index (χ4v) is 1.63. The molecule has 0 bridgehead atoms. The van der Waals surface area contributed by atoms with Crippen LogP contribution in [0.15, 0.2) is 12.4 Å². The van der Waals surface area contributed by atoms with Crippen LogP contribution < -0.4 is 0 Å². The topological polar surface area (TPSA) is 57.5 Å². The molecule has 0 amide bonds. The summed E-state index contributed by atoms with van der Waals surface area (Å²) in [6.45, 7) is 5.75. The molecule has 0 N–H and O–H groups in total. The average Bonchev–Trinajstić information content (AvgIpc) is 2.60. The van der Waals surface area contributed by atoms with Crippen LogP contribution in [-0.4, -0.2) is 28.8 Å². The molecule has 0 aromatic carbocycles. The van der Waals surface area contributed by atoms with Crippen molar-refractivity contribution in [2.24, 2.45) is 0 Å². The monoisotopic (exact) mass is 237 g/mol. The highest BCUT2D eigenvalue weighted by atomic mass is 16.6. The van der Waals surface area contributed by atoms with E-state index in [2.05, 4.69) is 0 Å². The Balaban J connectivity index is 2.23. The van der Waals surface area contributed by atoms with Gasteiger partial charge in [0, 0.05) is 18.8 Å². The van der Waals surface area contributed by atoms with Crippen molar-refractivity contribution >= 4 is 12.1 Å². The lowest BCUT2D eigenvalue weighted by atomic mass is 10.1. The van der Waals surface area contributed by atoms with Gasteiger partial charge < -0.3 is 9.47 Å². The van der Waals surface area contributed by atoms with Gasteiger partial charge >= 0.3 is 12.1 Å². The smallest absolute Gasteiger partial charge is 0.418 e. The minimum Gasteiger partial charge on any atom is -0.462 e. The summed E-state index contributed by atoms with van der Waals surface area (Å²) in [6.07, 6.45) is 3.24. The normalized spacial score (nSPS) is 15.1. The Hall–Kier alpha value is -1.78. The number of hydrogen-bond acceptors (Lipinski definition) is 4. The predicted octanol–water partition coefficient (Wildman–Crippen LogP) is 1.98. The molecule has 0 aliphatic carbocycles. The number of rotatable bonds is 0. The molecular formula is C12H15NO4. The van der Waals surface area contributed by atoms with Gasteiger partial charge in [-0.05, 0) is 26.3 Å². The van der Waals surface area contributed by atoms with Gasteiger partial charge in [-0.1, -0.05) is 0 Å². The van der Waals surface area contributed by atoms with Crippen molar-refractivity contribution in [2.75, 3.05) is 6.61 Å². The molecule has 0 saturated carbocycles. The van der Waals surface area contributed by atoms with Gasteiger partial charge in [-0.2, -0.15) is 0 Å². The van der Waals surface area contributed by atoms with Gasteiger partial charge in [0.15, 0.2) is 0 Å². The van der Waals surface area contributed by atoms with Gasteiger partial charge in [0.2, 0.25) is 0 Å². The van der Waals surface area contributed by atoms with Crippen LogP contribution in [0.1, 0.15) is 36.7 Å². The highest BCUT2D eigenvalue weighted by Gasteiger charge is 2.24. The number of cyclic esters (lactones) is 1. The molecule has 92 valence electrons. The summed E-state index contributed by atoms with van der Waals surface area (Å²) in [5.74, 6) is -0.381. The third kappa shape index (κ3) is 2.49. The average molecular weight is 237 g/mol. The molecule has 5 heteroatoms. The largest absolute Gasteiger partial charge is 0.462 e. The summed E-state index contributed by atoms with van der Waals surface area (Å²) in [4.78, 5) is 23.2. The minimum absolute atomic E-state index is 0.365. The summed E-state index contributed by atoms with van der Waals surface area (Å²) in [6, 6.07) is 0. The number of carbonyl (C=O) groups is 2. The molecular weight excluding hydrogens is 222 g/mol. The lowest BCUT2D eigenvalue weighted by Gasteiger charge is -2.19. The van der Waals surface area contributed by atoms with E-state index in [1.54, 1.807) is 27.0 Å². The van der Waals surface area contributed by atoms with Crippen molar-refractivity contribution in [2.45, 2.75) is 32.8 Å². The van der Waals surface area contributed by atoms with Crippen molar-refractivity contribution < 1.29 is 19.1 Å². The highest BCUT2D eigenvalue weighted by molar-refractivity contribution is 5.93. The molecule has 2 heterocycles. The summed E-state index contributed by atoms with van der Waals surface area (Å²) < 4.78 is 11.4. The Labute approximate surface area is 99.3 Å². The van der Waals surface area contributed by atoms with E-state index >= 15 is 0 Å². The van der Waals surface area contributed by atoms with Crippen LogP contribution in [0.5, 0.6) is 0 Å². The molecule has 0 unspecified atom stereocenters. The van der Waals surface area contributed by atoms with E-state index in [4.69, 9.17) is 9.47 Å².